The molecule has 29 heavy (non-hydrogen) atoms. The van der Waals surface area contributed by atoms with Crippen LogP contribution >= 0.6 is 0 Å². The molecular formula is C23H27N3O3. The van der Waals surface area contributed by atoms with Gasteiger partial charge in [-0.15, -0.1) is 0 Å². The van der Waals surface area contributed by atoms with Gasteiger partial charge in [-0.2, -0.15) is 0 Å². The zero-order valence-electron chi connectivity index (χ0n) is 17.1. The summed E-state index contributed by atoms with van der Waals surface area (Å²) in [5.74, 6) is -1.03. The third-order valence-electron chi connectivity index (χ3n) is 5.24. The zero-order chi connectivity index (χ0) is 21.0. The van der Waals surface area contributed by atoms with Gasteiger partial charge in [-0.3, -0.25) is 25.2 Å². The Morgan fingerprint density at radius 2 is 1.66 bits per heavy atom. The molecule has 0 saturated carbocycles. The summed E-state index contributed by atoms with van der Waals surface area (Å²) in [6.45, 7) is 6.75. The number of hydrogen-bond donors (Lipinski definition) is 2. The Labute approximate surface area is 171 Å². The van der Waals surface area contributed by atoms with Crippen molar-refractivity contribution in [1.29, 1.82) is 0 Å². The fraction of sp³-hybridized carbons (Fsp3) is 0.348. The van der Waals surface area contributed by atoms with Crippen molar-refractivity contribution >= 4 is 17.7 Å². The van der Waals surface area contributed by atoms with E-state index in [4.69, 9.17) is 0 Å². The Kier molecular flexibility index (Phi) is 6.32. The average Bonchev–Trinajstić information content (AvgIpc) is 2.71. The van der Waals surface area contributed by atoms with Gasteiger partial charge in [-0.1, -0.05) is 35.4 Å². The third-order valence-corrected chi connectivity index (χ3v) is 5.24. The van der Waals surface area contributed by atoms with Crippen LogP contribution in [0.4, 0.5) is 0 Å². The Hall–Kier alpha value is -3.15. The summed E-state index contributed by atoms with van der Waals surface area (Å²) in [4.78, 5) is 39.5. The lowest BCUT2D eigenvalue weighted by Gasteiger charge is -2.32. The number of hydrazine groups is 1. The minimum atomic E-state index is -0.351. The highest BCUT2D eigenvalue weighted by Crippen LogP contribution is 2.20. The van der Waals surface area contributed by atoms with Crippen LogP contribution in [0.25, 0.3) is 0 Å². The summed E-state index contributed by atoms with van der Waals surface area (Å²) in [5.41, 5.74) is 9.09. The number of hydrogen-bond acceptors (Lipinski definition) is 3. The highest BCUT2D eigenvalue weighted by Gasteiger charge is 2.29. The number of carbonyl (C=O) groups excluding carboxylic acids is 3. The van der Waals surface area contributed by atoms with E-state index in [-0.39, 0.29) is 23.6 Å². The lowest BCUT2D eigenvalue weighted by Crippen LogP contribution is -2.50. The monoisotopic (exact) mass is 393 g/mol. The molecule has 1 aliphatic rings. The number of nitrogens with one attached hydrogen (secondary N) is 2. The summed E-state index contributed by atoms with van der Waals surface area (Å²) < 4.78 is 0. The molecule has 0 aromatic heterocycles. The molecule has 1 aliphatic heterocycles. The molecule has 152 valence electrons. The van der Waals surface area contributed by atoms with Gasteiger partial charge in [0.1, 0.15) is 0 Å². The lowest BCUT2D eigenvalue weighted by atomic mass is 9.96. The number of likely N-dealkylation sites (tertiary alicyclic amines) is 1. The minimum absolute atomic E-state index is 0.0572. The van der Waals surface area contributed by atoms with E-state index in [1.807, 2.05) is 51.1 Å². The predicted molar refractivity (Wildman–Crippen MR) is 111 cm³/mol. The Morgan fingerprint density at radius 3 is 2.34 bits per heavy atom. The molecule has 1 unspecified atom stereocenters. The van der Waals surface area contributed by atoms with Crippen LogP contribution in [0.1, 0.15) is 50.2 Å². The Bertz CT molecular complexity index is 918. The highest BCUT2D eigenvalue weighted by atomic mass is 16.2. The van der Waals surface area contributed by atoms with Gasteiger partial charge in [0.15, 0.2) is 0 Å². The maximum Gasteiger partial charge on any atom is 0.269 e. The normalized spacial score (nSPS) is 16.2. The van der Waals surface area contributed by atoms with E-state index in [0.29, 0.717) is 30.6 Å². The topological polar surface area (TPSA) is 78.5 Å². The smallest absolute Gasteiger partial charge is 0.269 e. The molecule has 1 heterocycles. The molecule has 2 N–H and O–H groups in total. The number of amides is 3. The molecule has 0 radical (unpaired) electrons. The number of nitrogens with zero attached hydrogens (tertiary/aromatic N) is 1. The quantitative estimate of drug-likeness (QED) is 0.787. The second-order valence-electron chi connectivity index (χ2n) is 7.73. The zero-order valence-corrected chi connectivity index (χ0v) is 17.1. The summed E-state index contributed by atoms with van der Waals surface area (Å²) in [5, 5.41) is 0. The molecule has 3 rings (SSSR count). The van der Waals surface area contributed by atoms with E-state index in [0.717, 1.165) is 23.1 Å². The number of carbonyl (C=O) groups is 3. The Morgan fingerprint density at radius 1 is 0.966 bits per heavy atom. The molecule has 1 atom stereocenters. The van der Waals surface area contributed by atoms with Crippen molar-refractivity contribution in [3.63, 3.8) is 0 Å². The van der Waals surface area contributed by atoms with Crippen LogP contribution < -0.4 is 10.9 Å². The molecule has 1 saturated heterocycles. The van der Waals surface area contributed by atoms with Gasteiger partial charge in [0, 0.05) is 24.2 Å². The molecule has 0 spiro atoms. The van der Waals surface area contributed by atoms with Gasteiger partial charge in [-0.05, 0) is 57.4 Å². The summed E-state index contributed by atoms with van der Waals surface area (Å²) >= 11 is 0. The fourth-order valence-electron chi connectivity index (χ4n) is 3.77. The molecule has 2 aromatic carbocycles. The van der Waals surface area contributed by atoms with E-state index in [9.17, 15) is 14.4 Å². The van der Waals surface area contributed by atoms with Crippen LogP contribution in [0.5, 0.6) is 0 Å². The predicted octanol–water partition coefficient (Wildman–Crippen LogP) is 2.93. The second-order valence-corrected chi connectivity index (χ2v) is 7.73. The van der Waals surface area contributed by atoms with E-state index < -0.39 is 0 Å². The van der Waals surface area contributed by atoms with Gasteiger partial charge in [0.25, 0.3) is 11.8 Å². The third kappa shape index (κ3) is 5.02. The van der Waals surface area contributed by atoms with Crippen molar-refractivity contribution in [1.82, 2.24) is 15.8 Å². The van der Waals surface area contributed by atoms with Crippen molar-refractivity contribution in [3.05, 3.63) is 70.3 Å². The SMILES string of the molecule is Cc1cc(C)cc(C(=O)N2CCCC(C(=O)NNC(=O)c3ccccc3C)C2)c1. The van der Waals surface area contributed by atoms with E-state index in [1.54, 1.807) is 17.0 Å². The molecular weight excluding hydrogens is 366 g/mol. The summed E-state index contributed by atoms with van der Waals surface area (Å²) in [6, 6.07) is 13.0. The second kappa shape index (κ2) is 8.90. The van der Waals surface area contributed by atoms with Crippen molar-refractivity contribution < 1.29 is 14.4 Å². The lowest BCUT2D eigenvalue weighted by molar-refractivity contribution is -0.127. The molecule has 6 nitrogen and oxygen atoms in total. The van der Waals surface area contributed by atoms with Crippen LogP contribution in [0.3, 0.4) is 0 Å². The van der Waals surface area contributed by atoms with Gasteiger partial charge >= 0.3 is 0 Å². The number of piperidine rings is 1. The minimum Gasteiger partial charge on any atom is -0.338 e. The molecule has 0 bridgehead atoms. The average molecular weight is 393 g/mol. The number of benzene rings is 2. The highest BCUT2D eigenvalue weighted by molar-refractivity contribution is 5.97. The van der Waals surface area contributed by atoms with E-state index in [1.165, 1.54) is 0 Å². The molecule has 0 aliphatic carbocycles. The van der Waals surface area contributed by atoms with Crippen molar-refractivity contribution in [3.8, 4) is 0 Å². The van der Waals surface area contributed by atoms with E-state index >= 15 is 0 Å². The van der Waals surface area contributed by atoms with Crippen molar-refractivity contribution in [2.45, 2.75) is 33.6 Å². The standard InChI is InChI=1S/C23H27N3O3/c1-15-11-16(2)13-19(12-15)23(29)26-10-6-8-18(14-26)21(27)24-25-22(28)20-9-5-4-7-17(20)3/h4-5,7,9,11-13,18H,6,8,10,14H2,1-3H3,(H,24,27)(H,25,28). The van der Waals surface area contributed by atoms with Crippen LogP contribution in [0.2, 0.25) is 0 Å². The van der Waals surface area contributed by atoms with Gasteiger partial charge < -0.3 is 4.90 Å². The first-order valence-corrected chi connectivity index (χ1v) is 9.88. The molecule has 2 aromatic rings. The van der Waals surface area contributed by atoms with Crippen LogP contribution in [0, 0.1) is 26.7 Å². The van der Waals surface area contributed by atoms with Crippen LogP contribution in [0.15, 0.2) is 42.5 Å². The van der Waals surface area contributed by atoms with Gasteiger partial charge in [-0.25, -0.2) is 0 Å². The first-order chi connectivity index (χ1) is 13.8. The Balaban J connectivity index is 1.60. The number of aryl methyl sites for hydroxylation is 3. The summed E-state index contributed by atoms with van der Waals surface area (Å²) in [7, 11) is 0. The maximum atomic E-state index is 12.9. The molecule has 3 amide bonds. The van der Waals surface area contributed by atoms with E-state index in [2.05, 4.69) is 10.9 Å². The maximum absolute atomic E-state index is 12.9. The fourth-order valence-corrected chi connectivity index (χ4v) is 3.77. The van der Waals surface area contributed by atoms with Crippen molar-refractivity contribution in [2.75, 3.05) is 13.1 Å². The summed E-state index contributed by atoms with van der Waals surface area (Å²) in [6.07, 6.45) is 1.43. The molecule has 6 heteroatoms. The first-order valence-electron chi connectivity index (χ1n) is 9.88. The largest absolute Gasteiger partial charge is 0.338 e. The van der Waals surface area contributed by atoms with Crippen LogP contribution in [-0.4, -0.2) is 35.7 Å². The number of rotatable bonds is 3. The first kappa shape index (κ1) is 20.6. The van der Waals surface area contributed by atoms with Crippen LogP contribution in [-0.2, 0) is 4.79 Å². The van der Waals surface area contributed by atoms with Crippen molar-refractivity contribution in [2.24, 2.45) is 5.92 Å². The van der Waals surface area contributed by atoms with Gasteiger partial charge in [0.05, 0.1) is 5.92 Å². The molecule has 1 fully saturated rings. The van der Waals surface area contributed by atoms with Gasteiger partial charge in [0.2, 0.25) is 5.91 Å².